The second kappa shape index (κ2) is 11.9. The number of nitrogens with one attached hydrogen (secondary N) is 1. The van der Waals surface area contributed by atoms with Crippen LogP contribution in [0, 0.1) is 23.7 Å². The Balaban J connectivity index is 2.29. The van der Waals surface area contributed by atoms with E-state index in [0.29, 0.717) is 47.2 Å². The van der Waals surface area contributed by atoms with Gasteiger partial charge >= 0.3 is 0 Å². The number of carbonyl (C=O) groups excluding carboxylic acids is 1. The number of likely N-dealkylation sites (N-methyl/N-ethyl adjacent to an activating group) is 1. The minimum absolute atomic E-state index is 0.0867. The maximum atomic E-state index is 12.4. The summed E-state index contributed by atoms with van der Waals surface area (Å²) in [4.78, 5) is 14.4. The average molecular weight is 419 g/mol. The zero-order valence-corrected chi connectivity index (χ0v) is 17.8. The van der Waals surface area contributed by atoms with Gasteiger partial charge in [0.25, 0.3) is 0 Å². The molecule has 0 aliphatic carbocycles. The third-order valence-corrected chi connectivity index (χ3v) is 4.13. The van der Waals surface area contributed by atoms with Crippen molar-refractivity contribution in [3.8, 4) is 35.7 Å². The number of para-hydroxylation sites is 1. The van der Waals surface area contributed by atoms with E-state index in [2.05, 4.69) is 11.2 Å². The lowest BCUT2D eigenvalue weighted by atomic mass is 10.1. The summed E-state index contributed by atoms with van der Waals surface area (Å²) in [6, 6.07) is 12.3. The lowest BCUT2D eigenvalue weighted by Crippen LogP contribution is -2.20. The van der Waals surface area contributed by atoms with Crippen molar-refractivity contribution in [2.75, 3.05) is 46.3 Å². The SMILES string of the molecule is C#CCOc1ccc(/C=C/C(=O)Nc2ccccc2C#N)c(OCCN(C)C)c1OC. The van der Waals surface area contributed by atoms with E-state index in [1.807, 2.05) is 25.1 Å². The van der Waals surface area contributed by atoms with Gasteiger partial charge in [-0.15, -0.1) is 6.42 Å². The van der Waals surface area contributed by atoms with E-state index in [-0.39, 0.29) is 12.5 Å². The van der Waals surface area contributed by atoms with E-state index in [9.17, 15) is 4.79 Å². The maximum absolute atomic E-state index is 12.4. The topological polar surface area (TPSA) is 83.8 Å². The molecule has 7 nitrogen and oxygen atoms in total. The van der Waals surface area contributed by atoms with Crippen LogP contribution in [0.5, 0.6) is 17.2 Å². The van der Waals surface area contributed by atoms with Gasteiger partial charge < -0.3 is 24.4 Å². The summed E-state index contributed by atoms with van der Waals surface area (Å²) in [6.45, 7) is 1.18. The average Bonchev–Trinajstić information content (AvgIpc) is 2.76. The van der Waals surface area contributed by atoms with Crippen molar-refractivity contribution < 1.29 is 19.0 Å². The first kappa shape index (κ1) is 23.3. The maximum Gasteiger partial charge on any atom is 0.248 e. The van der Waals surface area contributed by atoms with Gasteiger partial charge in [-0.2, -0.15) is 5.26 Å². The number of carbonyl (C=O) groups is 1. The Bertz CT molecular complexity index is 1020. The van der Waals surface area contributed by atoms with Crippen LogP contribution >= 0.6 is 0 Å². The van der Waals surface area contributed by atoms with Gasteiger partial charge in [0.2, 0.25) is 11.7 Å². The molecule has 0 fully saturated rings. The van der Waals surface area contributed by atoms with Crippen LogP contribution in [0.1, 0.15) is 11.1 Å². The van der Waals surface area contributed by atoms with E-state index in [0.717, 1.165) is 0 Å². The number of hydrogen-bond donors (Lipinski definition) is 1. The summed E-state index contributed by atoms with van der Waals surface area (Å²) in [7, 11) is 5.39. The number of terminal acetylenes is 1. The Morgan fingerprint density at radius 3 is 2.65 bits per heavy atom. The van der Waals surface area contributed by atoms with Crippen molar-refractivity contribution in [2.45, 2.75) is 0 Å². The number of amides is 1. The van der Waals surface area contributed by atoms with E-state index >= 15 is 0 Å². The smallest absolute Gasteiger partial charge is 0.248 e. The lowest BCUT2D eigenvalue weighted by molar-refractivity contribution is -0.111. The number of methoxy groups -OCH3 is 1. The van der Waals surface area contributed by atoms with Gasteiger partial charge in [-0.3, -0.25) is 4.79 Å². The predicted octanol–water partition coefficient (Wildman–Crippen LogP) is 3.17. The summed E-state index contributed by atoms with van der Waals surface area (Å²) < 4.78 is 17.0. The third kappa shape index (κ3) is 6.81. The molecule has 0 saturated carbocycles. The highest BCUT2D eigenvalue weighted by molar-refractivity contribution is 6.02. The first-order valence-electron chi connectivity index (χ1n) is 9.53. The molecule has 0 atom stereocenters. The largest absolute Gasteiger partial charge is 0.490 e. The minimum Gasteiger partial charge on any atom is -0.490 e. The zero-order valence-electron chi connectivity index (χ0n) is 17.8. The molecule has 31 heavy (non-hydrogen) atoms. The summed E-state index contributed by atoms with van der Waals surface area (Å²) >= 11 is 0. The second-order valence-electron chi connectivity index (χ2n) is 6.64. The molecule has 160 valence electrons. The van der Waals surface area contributed by atoms with Gasteiger partial charge in [-0.25, -0.2) is 0 Å². The quantitative estimate of drug-likeness (QED) is 0.470. The van der Waals surface area contributed by atoms with E-state index in [1.54, 1.807) is 42.5 Å². The Labute approximate surface area is 182 Å². The van der Waals surface area contributed by atoms with Crippen molar-refractivity contribution in [1.29, 1.82) is 5.26 Å². The monoisotopic (exact) mass is 419 g/mol. The number of rotatable bonds is 10. The van der Waals surface area contributed by atoms with Crippen LogP contribution in [0.25, 0.3) is 6.08 Å². The molecule has 0 radical (unpaired) electrons. The van der Waals surface area contributed by atoms with Crippen LogP contribution in [0.2, 0.25) is 0 Å². The highest BCUT2D eigenvalue weighted by Crippen LogP contribution is 2.40. The molecule has 0 aliphatic rings. The summed E-state index contributed by atoms with van der Waals surface area (Å²) in [6.07, 6.45) is 8.26. The number of nitriles is 1. The molecule has 0 spiro atoms. The predicted molar refractivity (Wildman–Crippen MR) is 120 cm³/mol. The van der Waals surface area contributed by atoms with Crippen LogP contribution < -0.4 is 19.5 Å². The first-order chi connectivity index (χ1) is 15.0. The Hall–Kier alpha value is -3.94. The van der Waals surface area contributed by atoms with Crippen molar-refractivity contribution in [2.24, 2.45) is 0 Å². The van der Waals surface area contributed by atoms with Crippen molar-refractivity contribution in [3.63, 3.8) is 0 Å². The Morgan fingerprint density at radius 2 is 1.97 bits per heavy atom. The minimum atomic E-state index is -0.381. The molecule has 2 aromatic carbocycles. The van der Waals surface area contributed by atoms with Gasteiger partial charge in [0.1, 0.15) is 19.3 Å². The fraction of sp³-hybridized carbons (Fsp3) is 0.250. The van der Waals surface area contributed by atoms with Gasteiger partial charge in [-0.1, -0.05) is 18.1 Å². The molecular weight excluding hydrogens is 394 g/mol. The van der Waals surface area contributed by atoms with Crippen LogP contribution in [0.4, 0.5) is 5.69 Å². The normalized spacial score (nSPS) is 10.4. The molecule has 0 unspecified atom stereocenters. The van der Waals surface area contributed by atoms with Crippen LogP contribution in [-0.4, -0.2) is 51.8 Å². The molecule has 2 aromatic rings. The summed E-state index contributed by atoms with van der Waals surface area (Å²) in [5.41, 5.74) is 1.46. The number of ether oxygens (including phenoxy) is 3. The van der Waals surface area contributed by atoms with Crippen LogP contribution in [0.3, 0.4) is 0 Å². The number of nitrogens with zero attached hydrogens (tertiary/aromatic N) is 2. The number of hydrogen-bond acceptors (Lipinski definition) is 6. The van der Waals surface area contributed by atoms with E-state index in [1.165, 1.54) is 13.2 Å². The van der Waals surface area contributed by atoms with Gasteiger partial charge in [0.15, 0.2) is 11.5 Å². The Morgan fingerprint density at radius 1 is 1.19 bits per heavy atom. The molecule has 1 N–H and O–H groups in total. The lowest BCUT2D eigenvalue weighted by Gasteiger charge is -2.18. The molecule has 2 rings (SSSR count). The highest BCUT2D eigenvalue weighted by Gasteiger charge is 2.16. The molecule has 1 amide bonds. The Kier molecular flexibility index (Phi) is 8.97. The van der Waals surface area contributed by atoms with Gasteiger partial charge in [-0.05, 0) is 44.4 Å². The molecule has 0 bridgehead atoms. The number of anilines is 1. The molecule has 0 aromatic heterocycles. The molecular formula is C24H25N3O4. The van der Waals surface area contributed by atoms with Crippen LogP contribution in [-0.2, 0) is 4.79 Å². The van der Waals surface area contributed by atoms with E-state index < -0.39 is 0 Å². The van der Waals surface area contributed by atoms with Crippen molar-refractivity contribution in [3.05, 3.63) is 53.6 Å². The second-order valence-corrected chi connectivity index (χ2v) is 6.64. The molecule has 0 aliphatic heterocycles. The summed E-state index contributed by atoms with van der Waals surface area (Å²) in [5.74, 6) is 3.32. The van der Waals surface area contributed by atoms with Crippen LogP contribution in [0.15, 0.2) is 42.5 Å². The number of benzene rings is 2. The van der Waals surface area contributed by atoms with Crippen molar-refractivity contribution >= 4 is 17.7 Å². The zero-order chi connectivity index (χ0) is 22.6. The summed E-state index contributed by atoms with van der Waals surface area (Å²) in [5, 5.41) is 11.9. The molecule has 7 heteroatoms. The molecule has 0 saturated heterocycles. The first-order valence-corrected chi connectivity index (χ1v) is 9.53. The standard InChI is InChI=1S/C24H25N3O4/c1-5-15-30-21-12-10-18(23(24(21)29-4)31-16-14-27(2)3)11-13-22(28)26-20-9-7-6-8-19(20)17-25/h1,6-13H,14-16H2,2-4H3,(H,26,28)/b13-11+. The highest BCUT2D eigenvalue weighted by atomic mass is 16.5. The van der Waals surface area contributed by atoms with Gasteiger partial charge in [0.05, 0.1) is 18.4 Å². The van der Waals surface area contributed by atoms with Crippen molar-refractivity contribution in [1.82, 2.24) is 4.90 Å². The van der Waals surface area contributed by atoms with Gasteiger partial charge in [0, 0.05) is 18.2 Å². The molecule has 0 heterocycles. The fourth-order valence-corrected chi connectivity index (χ4v) is 2.63. The third-order valence-electron chi connectivity index (χ3n) is 4.13. The van der Waals surface area contributed by atoms with E-state index in [4.69, 9.17) is 25.9 Å². The fourth-order valence-electron chi connectivity index (χ4n) is 2.63.